The minimum atomic E-state index is 0.539. The largest absolute Gasteiger partial charge is 0.492 e. The van der Waals surface area contributed by atoms with Crippen LogP contribution in [0.5, 0.6) is 5.75 Å². The van der Waals surface area contributed by atoms with Crippen molar-refractivity contribution in [3.8, 4) is 5.75 Å². The molecular formula is C17H22BrNOS. The zero-order chi connectivity index (χ0) is 15.1. The van der Waals surface area contributed by atoms with Crippen molar-refractivity contribution in [1.82, 2.24) is 5.32 Å². The maximum atomic E-state index is 5.93. The summed E-state index contributed by atoms with van der Waals surface area (Å²) in [5, 5.41) is 5.52. The Balaban J connectivity index is 1.76. The van der Waals surface area contributed by atoms with Crippen molar-refractivity contribution in [1.29, 1.82) is 0 Å². The third-order valence-electron chi connectivity index (χ3n) is 3.52. The first-order valence-corrected chi connectivity index (χ1v) is 9.03. The van der Waals surface area contributed by atoms with E-state index in [9.17, 15) is 0 Å². The molecule has 0 spiro atoms. The monoisotopic (exact) mass is 367 g/mol. The Morgan fingerprint density at radius 2 is 2.14 bits per heavy atom. The minimum absolute atomic E-state index is 0.539. The summed E-state index contributed by atoms with van der Waals surface area (Å²) in [6.07, 6.45) is 1.13. The summed E-state index contributed by atoms with van der Waals surface area (Å²) in [5.41, 5.74) is 1.31. The van der Waals surface area contributed by atoms with Crippen molar-refractivity contribution in [2.75, 3.05) is 13.2 Å². The molecule has 2 aromatic rings. The molecule has 1 N–H and O–H groups in total. The number of rotatable bonds is 8. The fraction of sp³-hybridized carbons (Fsp3) is 0.412. The molecule has 0 aliphatic rings. The molecule has 4 heteroatoms. The molecule has 2 rings (SSSR count). The summed E-state index contributed by atoms with van der Waals surface area (Å²) < 4.78 is 7.09. The summed E-state index contributed by atoms with van der Waals surface area (Å²) in [7, 11) is 0. The second-order valence-electron chi connectivity index (χ2n) is 5.10. The molecule has 0 aliphatic heterocycles. The SMILES string of the molecule is CCC(C)c1ccccc1OCCNCc1cc(Br)cs1. The second-order valence-corrected chi connectivity index (χ2v) is 7.02. The molecule has 0 radical (unpaired) electrons. The van der Waals surface area contributed by atoms with Crippen LogP contribution in [0.3, 0.4) is 0 Å². The number of para-hydroxylation sites is 1. The number of hydrogen-bond donors (Lipinski definition) is 1. The number of ether oxygens (including phenoxy) is 1. The molecular weight excluding hydrogens is 346 g/mol. The van der Waals surface area contributed by atoms with Crippen LogP contribution in [0, 0.1) is 0 Å². The van der Waals surface area contributed by atoms with Gasteiger partial charge in [-0.15, -0.1) is 11.3 Å². The van der Waals surface area contributed by atoms with E-state index < -0.39 is 0 Å². The third-order valence-corrected chi connectivity index (χ3v) is 5.22. The molecule has 0 fully saturated rings. The maximum absolute atomic E-state index is 5.93. The van der Waals surface area contributed by atoms with Crippen molar-refractivity contribution < 1.29 is 4.74 Å². The number of thiophene rings is 1. The average molecular weight is 368 g/mol. The quantitative estimate of drug-likeness (QED) is 0.647. The van der Waals surface area contributed by atoms with Crippen LogP contribution in [0.15, 0.2) is 40.2 Å². The summed E-state index contributed by atoms with van der Waals surface area (Å²) in [6.45, 7) is 6.90. The van der Waals surface area contributed by atoms with Crippen LogP contribution in [0.4, 0.5) is 0 Å². The molecule has 21 heavy (non-hydrogen) atoms. The lowest BCUT2D eigenvalue weighted by atomic mass is 9.98. The van der Waals surface area contributed by atoms with Crippen LogP contribution in [0.1, 0.15) is 36.6 Å². The first-order chi connectivity index (χ1) is 10.2. The van der Waals surface area contributed by atoms with Gasteiger partial charge in [-0.1, -0.05) is 32.0 Å². The van der Waals surface area contributed by atoms with Crippen molar-refractivity contribution in [3.05, 3.63) is 50.6 Å². The van der Waals surface area contributed by atoms with Gasteiger partial charge in [-0.05, 0) is 46.0 Å². The van der Waals surface area contributed by atoms with Gasteiger partial charge in [0.1, 0.15) is 12.4 Å². The lowest BCUT2D eigenvalue weighted by molar-refractivity contribution is 0.309. The van der Waals surface area contributed by atoms with E-state index in [0.717, 1.165) is 29.7 Å². The van der Waals surface area contributed by atoms with E-state index in [4.69, 9.17) is 4.74 Å². The first kappa shape index (κ1) is 16.5. The Labute approximate surface area is 139 Å². The molecule has 0 saturated heterocycles. The predicted molar refractivity (Wildman–Crippen MR) is 94.4 cm³/mol. The predicted octanol–water partition coefficient (Wildman–Crippen LogP) is 5.19. The lowest BCUT2D eigenvalue weighted by Crippen LogP contribution is -2.20. The highest BCUT2D eigenvalue weighted by Gasteiger charge is 2.09. The highest BCUT2D eigenvalue weighted by molar-refractivity contribution is 9.10. The van der Waals surface area contributed by atoms with Gasteiger partial charge in [-0.3, -0.25) is 0 Å². The van der Waals surface area contributed by atoms with Gasteiger partial charge in [0.15, 0.2) is 0 Å². The van der Waals surface area contributed by atoms with Gasteiger partial charge >= 0.3 is 0 Å². The number of hydrogen-bond acceptors (Lipinski definition) is 3. The van der Waals surface area contributed by atoms with Gasteiger partial charge in [0, 0.05) is 27.8 Å². The molecule has 0 aliphatic carbocycles. The molecule has 1 aromatic heterocycles. The maximum Gasteiger partial charge on any atom is 0.122 e. The zero-order valence-electron chi connectivity index (χ0n) is 12.6. The summed E-state index contributed by atoms with van der Waals surface area (Å²) in [4.78, 5) is 1.34. The molecule has 1 atom stereocenters. The van der Waals surface area contributed by atoms with E-state index in [0.29, 0.717) is 12.5 Å². The second kappa shape index (κ2) is 8.57. The topological polar surface area (TPSA) is 21.3 Å². The van der Waals surface area contributed by atoms with Crippen LogP contribution < -0.4 is 10.1 Å². The van der Waals surface area contributed by atoms with Crippen LogP contribution in [0.2, 0.25) is 0 Å². The standard InChI is InChI=1S/C17H22BrNOS/c1-3-13(2)16-6-4-5-7-17(16)20-9-8-19-11-15-10-14(18)12-21-15/h4-7,10,12-13,19H,3,8-9,11H2,1-2H3. The van der Waals surface area contributed by atoms with E-state index in [1.165, 1.54) is 10.4 Å². The Morgan fingerprint density at radius 3 is 2.86 bits per heavy atom. The van der Waals surface area contributed by atoms with E-state index >= 15 is 0 Å². The van der Waals surface area contributed by atoms with Crippen LogP contribution in [0.25, 0.3) is 0 Å². The number of nitrogens with one attached hydrogen (secondary N) is 1. The van der Waals surface area contributed by atoms with Gasteiger partial charge in [-0.25, -0.2) is 0 Å². The lowest BCUT2D eigenvalue weighted by Gasteiger charge is -2.15. The Morgan fingerprint density at radius 1 is 1.33 bits per heavy atom. The van der Waals surface area contributed by atoms with Gasteiger partial charge in [0.05, 0.1) is 0 Å². The average Bonchev–Trinajstić information content (AvgIpc) is 2.92. The Kier molecular flexibility index (Phi) is 6.74. The normalized spacial score (nSPS) is 12.3. The highest BCUT2D eigenvalue weighted by Crippen LogP contribution is 2.28. The molecule has 0 bridgehead atoms. The highest BCUT2D eigenvalue weighted by atomic mass is 79.9. The van der Waals surface area contributed by atoms with E-state index in [1.807, 2.05) is 6.07 Å². The molecule has 2 nitrogen and oxygen atoms in total. The van der Waals surface area contributed by atoms with E-state index in [-0.39, 0.29) is 0 Å². The fourth-order valence-electron chi connectivity index (χ4n) is 2.13. The fourth-order valence-corrected chi connectivity index (χ4v) is 3.55. The molecule has 1 heterocycles. The van der Waals surface area contributed by atoms with Gasteiger partial charge in [0.2, 0.25) is 0 Å². The van der Waals surface area contributed by atoms with Crippen LogP contribution in [-0.2, 0) is 6.54 Å². The van der Waals surface area contributed by atoms with Crippen molar-refractivity contribution >= 4 is 27.3 Å². The van der Waals surface area contributed by atoms with Gasteiger partial charge in [-0.2, -0.15) is 0 Å². The van der Waals surface area contributed by atoms with E-state index in [2.05, 4.69) is 64.7 Å². The smallest absolute Gasteiger partial charge is 0.122 e. The Bertz CT molecular complexity index is 555. The third kappa shape index (κ3) is 5.13. The summed E-state index contributed by atoms with van der Waals surface area (Å²) >= 11 is 5.23. The summed E-state index contributed by atoms with van der Waals surface area (Å²) in [6, 6.07) is 10.5. The van der Waals surface area contributed by atoms with Gasteiger partial charge < -0.3 is 10.1 Å². The van der Waals surface area contributed by atoms with Gasteiger partial charge in [0.25, 0.3) is 0 Å². The van der Waals surface area contributed by atoms with E-state index in [1.54, 1.807) is 11.3 Å². The molecule has 1 aromatic carbocycles. The Hall–Kier alpha value is -0.840. The van der Waals surface area contributed by atoms with Crippen molar-refractivity contribution in [2.24, 2.45) is 0 Å². The van der Waals surface area contributed by atoms with Crippen molar-refractivity contribution in [3.63, 3.8) is 0 Å². The summed E-state index contributed by atoms with van der Waals surface area (Å²) in [5.74, 6) is 1.56. The van der Waals surface area contributed by atoms with Crippen LogP contribution in [-0.4, -0.2) is 13.2 Å². The zero-order valence-corrected chi connectivity index (χ0v) is 15.0. The number of benzene rings is 1. The van der Waals surface area contributed by atoms with Crippen molar-refractivity contribution in [2.45, 2.75) is 32.7 Å². The molecule has 114 valence electrons. The molecule has 1 unspecified atom stereocenters. The minimum Gasteiger partial charge on any atom is -0.492 e. The number of halogens is 1. The molecule has 0 saturated carbocycles. The first-order valence-electron chi connectivity index (χ1n) is 7.36. The molecule has 0 amide bonds. The van der Waals surface area contributed by atoms with Crippen LogP contribution >= 0.6 is 27.3 Å².